The Bertz CT molecular complexity index is 928. The highest BCUT2D eigenvalue weighted by molar-refractivity contribution is 14.0. The van der Waals surface area contributed by atoms with E-state index in [1.165, 1.54) is 41.8 Å². The predicted molar refractivity (Wildman–Crippen MR) is 143 cm³/mol. The fraction of sp³-hybridized carbons (Fsp3) is 0.640. The van der Waals surface area contributed by atoms with E-state index in [0.717, 1.165) is 63.8 Å². The smallest absolute Gasteiger partial charge is 0.194 e. The summed E-state index contributed by atoms with van der Waals surface area (Å²) in [4.78, 5) is 7.30. The van der Waals surface area contributed by atoms with Crippen molar-refractivity contribution in [2.24, 2.45) is 4.99 Å². The first kappa shape index (κ1) is 25.9. The molecule has 7 nitrogen and oxygen atoms in total. The van der Waals surface area contributed by atoms with Crippen LogP contribution >= 0.6 is 24.0 Å². The van der Waals surface area contributed by atoms with Crippen LogP contribution in [0.4, 0.5) is 0 Å². The predicted octanol–water partition coefficient (Wildman–Crippen LogP) is 4.21. The minimum absolute atomic E-state index is 0. The van der Waals surface area contributed by atoms with Gasteiger partial charge in [-0.3, -0.25) is 4.99 Å². The molecule has 8 heteroatoms. The third-order valence-corrected chi connectivity index (χ3v) is 6.48. The first-order valence-electron chi connectivity index (χ1n) is 12.3. The van der Waals surface area contributed by atoms with Crippen molar-refractivity contribution in [1.82, 2.24) is 25.0 Å². The minimum atomic E-state index is 0. The molecule has 1 fully saturated rings. The molecule has 0 aliphatic carbocycles. The van der Waals surface area contributed by atoms with Gasteiger partial charge in [0.1, 0.15) is 17.8 Å². The molecule has 0 radical (unpaired) electrons. The van der Waals surface area contributed by atoms with Gasteiger partial charge < -0.3 is 19.5 Å². The number of aryl methyl sites for hydroxylation is 4. The number of nitrogens with zero attached hydrogens (tertiary/aromatic N) is 5. The molecule has 3 heterocycles. The van der Waals surface area contributed by atoms with Gasteiger partial charge in [-0.05, 0) is 51.2 Å². The van der Waals surface area contributed by atoms with Crippen LogP contribution in [0.1, 0.15) is 67.1 Å². The van der Waals surface area contributed by atoms with Gasteiger partial charge in [0.15, 0.2) is 5.96 Å². The summed E-state index contributed by atoms with van der Waals surface area (Å²) in [5, 5.41) is 12.4. The Labute approximate surface area is 215 Å². The van der Waals surface area contributed by atoms with Crippen LogP contribution in [-0.4, -0.2) is 58.4 Å². The van der Waals surface area contributed by atoms with Gasteiger partial charge in [-0.2, -0.15) is 0 Å². The summed E-state index contributed by atoms with van der Waals surface area (Å²) in [6.45, 7) is 11.6. The number of guanidine groups is 1. The second-order valence-electron chi connectivity index (χ2n) is 9.00. The summed E-state index contributed by atoms with van der Waals surface area (Å²) in [6.07, 6.45) is 6.83. The van der Waals surface area contributed by atoms with Crippen LogP contribution in [0.5, 0.6) is 0 Å². The molecule has 1 unspecified atom stereocenters. The van der Waals surface area contributed by atoms with Gasteiger partial charge in [0.05, 0.1) is 13.2 Å². The third-order valence-electron chi connectivity index (χ3n) is 6.48. The van der Waals surface area contributed by atoms with Crippen LogP contribution < -0.4 is 5.32 Å². The molecule has 2 aliphatic heterocycles. The first-order chi connectivity index (χ1) is 15.7. The lowest BCUT2D eigenvalue weighted by Crippen LogP contribution is -2.48. The molecule has 0 saturated carbocycles. The molecule has 4 rings (SSSR count). The van der Waals surface area contributed by atoms with Gasteiger partial charge in [-0.1, -0.05) is 30.2 Å². The van der Waals surface area contributed by atoms with Crippen LogP contribution in [0.3, 0.4) is 0 Å². The fourth-order valence-corrected chi connectivity index (χ4v) is 4.79. The van der Waals surface area contributed by atoms with Gasteiger partial charge in [0, 0.05) is 39.0 Å². The molecule has 1 aromatic carbocycles. The molecule has 0 amide bonds. The van der Waals surface area contributed by atoms with E-state index in [2.05, 4.69) is 64.0 Å². The maximum atomic E-state index is 6.14. The number of aliphatic imine (C=N–C) groups is 1. The van der Waals surface area contributed by atoms with E-state index in [1.54, 1.807) is 0 Å². The van der Waals surface area contributed by atoms with Gasteiger partial charge >= 0.3 is 0 Å². The molecular weight excluding hydrogens is 527 g/mol. The van der Waals surface area contributed by atoms with Crippen LogP contribution in [0.15, 0.2) is 23.2 Å². The second kappa shape index (κ2) is 12.7. The number of hydrogen-bond acceptors (Lipinski definition) is 4. The summed E-state index contributed by atoms with van der Waals surface area (Å²) in [7, 11) is 0. The fourth-order valence-electron chi connectivity index (χ4n) is 4.79. The van der Waals surface area contributed by atoms with Crippen molar-refractivity contribution in [3.63, 3.8) is 0 Å². The maximum Gasteiger partial charge on any atom is 0.194 e. The summed E-state index contributed by atoms with van der Waals surface area (Å²) in [5.74, 6) is 3.29. The third kappa shape index (κ3) is 6.68. The Morgan fingerprint density at radius 2 is 2.06 bits per heavy atom. The van der Waals surface area contributed by atoms with Gasteiger partial charge in [-0.25, -0.2) is 0 Å². The molecule has 0 spiro atoms. The Balaban J connectivity index is 0.00000306. The Morgan fingerprint density at radius 3 is 2.88 bits per heavy atom. The van der Waals surface area contributed by atoms with Crippen molar-refractivity contribution in [3.05, 3.63) is 46.5 Å². The van der Waals surface area contributed by atoms with Crippen LogP contribution in [-0.2, 0) is 24.1 Å². The van der Waals surface area contributed by atoms with Crippen molar-refractivity contribution in [2.75, 3.05) is 32.8 Å². The quantitative estimate of drug-likeness (QED) is 0.246. The molecule has 2 aromatic rings. The van der Waals surface area contributed by atoms with E-state index in [1.807, 2.05) is 0 Å². The molecule has 0 bridgehead atoms. The van der Waals surface area contributed by atoms with E-state index >= 15 is 0 Å². The number of nitrogens with one attached hydrogen (secondary N) is 1. The Hall–Kier alpha value is -1.68. The summed E-state index contributed by atoms with van der Waals surface area (Å²) in [6, 6.07) is 6.63. The lowest BCUT2D eigenvalue weighted by molar-refractivity contribution is -0.00833. The summed E-state index contributed by atoms with van der Waals surface area (Å²) in [5.41, 5.74) is 3.87. The Kier molecular flexibility index (Phi) is 9.97. The number of aromatic nitrogens is 3. The number of fused-ring (bicyclic) bond motifs is 1. The minimum Gasteiger partial charge on any atom is -0.370 e. The highest BCUT2D eigenvalue weighted by Gasteiger charge is 2.25. The highest BCUT2D eigenvalue weighted by Crippen LogP contribution is 2.26. The lowest BCUT2D eigenvalue weighted by atomic mass is 10.00. The van der Waals surface area contributed by atoms with Crippen molar-refractivity contribution in [3.8, 4) is 0 Å². The molecular formula is C25H39IN6O. The normalized spacial score (nSPS) is 18.9. The molecule has 1 N–H and O–H groups in total. The van der Waals surface area contributed by atoms with Gasteiger partial charge in [-0.15, -0.1) is 34.2 Å². The molecule has 1 aromatic heterocycles. The number of hydrogen-bond donors (Lipinski definition) is 1. The zero-order chi connectivity index (χ0) is 22.3. The number of rotatable bonds is 6. The SMILES string of the molecule is CCNC(=NCCCc1nnc2n1CCCCC2)N1CCOC(c2ccc(C)cc2C)C1.I. The zero-order valence-electron chi connectivity index (χ0n) is 20.3. The van der Waals surface area contributed by atoms with Crippen molar-refractivity contribution in [2.45, 2.75) is 71.9 Å². The topological polar surface area (TPSA) is 67.6 Å². The average Bonchev–Trinajstić information content (AvgIpc) is 3.01. The van der Waals surface area contributed by atoms with Crippen LogP contribution in [0, 0.1) is 13.8 Å². The van der Waals surface area contributed by atoms with E-state index in [-0.39, 0.29) is 30.1 Å². The van der Waals surface area contributed by atoms with Crippen molar-refractivity contribution >= 4 is 29.9 Å². The zero-order valence-corrected chi connectivity index (χ0v) is 22.7. The molecule has 1 atom stereocenters. The maximum absolute atomic E-state index is 6.14. The number of benzene rings is 1. The van der Waals surface area contributed by atoms with Gasteiger partial charge in [0.25, 0.3) is 0 Å². The van der Waals surface area contributed by atoms with E-state index in [9.17, 15) is 0 Å². The molecule has 182 valence electrons. The van der Waals surface area contributed by atoms with Crippen LogP contribution in [0.25, 0.3) is 0 Å². The van der Waals surface area contributed by atoms with Crippen molar-refractivity contribution in [1.29, 1.82) is 0 Å². The largest absolute Gasteiger partial charge is 0.370 e. The molecule has 33 heavy (non-hydrogen) atoms. The average molecular weight is 567 g/mol. The number of halogens is 1. The van der Waals surface area contributed by atoms with E-state index in [4.69, 9.17) is 9.73 Å². The lowest BCUT2D eigenvalue weighted by Gasteiger charge is -2.36. The standard InChI is InChI=1S/C25H38N6O.HI/c1-4-26-25(27-13-8-10-24-29-28-23-9-6-5-7-14-31(23)24)30-15-16-32-22(18-30)21-12-11-19(2)17-20(21)3;/h11-12,17,22H,4-10,13-16,18H2,1-3H3,(H,26,27);1H. The number of ether oxygens (including phenoxy) is 1. The van der Waals surface area contributed by atoms with Crippen molar-refractivity contribution < 1.29 is 4.74 Å². The molecule has 2 aliphatic rings. The number of morpholine rings is 1. The van der Waals surface area contributed by atoms with Gasteiger partial charge in [0.2, 0.25) is 0 Å². The highest BCUT2D eigenvalue weighted by atomic mass is 127. The van der Waals surface area contributed by atoms with E-state index < -0.39 is 0 Å². The summed E-state index contributed by atoms with van der Waals surface area (Å²) < 4.78 is 8.48. The second-order valence-corrected chi connectivity index (χ2v) is 9.00. The van der Waals surface area contributed by atoms with Crippen LogP contribution in [0.2, 0.25) is 0 Å². The first-order valence-corrected chi connectivity index (χ1v) is 12.3. The Morgan fingerprint density at radius 1 is 1.18 bits per heavy atom. The molecule has 1 saturated heterocycles. The van der Waals surface area contributed by atoms with E-state index in [0.29, 0.717) is 6.61 Å². The summed E-state index contributed by atoms with van der Waals surface area (Å²) >= 11 is 0. The monoisotopic (exact) mass is 566 g/mol.